The Balaban J connectivity index is 2.26. The Morgan fingerprint density at radius 2 is 1.94 bits per heavy atom. The van der Waals surface area contributed by atoms with E-state index in [4.69, 9.17) is 0 Å². The van der Waals surface area contributed by atoms with Gasteiger partial charge in [0.25, 0.3) is 0 Å². The van der Waals surface area contributed by atoms with Crippen LogP contribution in [0, 0.1) is 0 Å². The lowest BCUT2D eigenvalue weighted by molar-refractivity contribution is 0.108. The van der Waals surface area contributed by atoms with Crippen LogP contribution in [0.2, 0.25) is 0 Å². The first-order chi connectivity index (χ1) is 8.69. The number of aliphatic hydroxyl groups is 1. The van der Waals surface area contributed by atoms with E-state index in [1.807, 2.05) is 54.8 Å². The summed E-state index contributed by atoms with van der Waals surface area (Å²) in [6.07, 6.45) is 1.76. The number of aromatic nitrogens is 1. The van der Waals surface area contributed by atoms with Crippen molar-refractivity contribution in [1.82, 2.24) is 4.98 Å². The van der Waals surface area contributed by atoms with Crippen molar-refractivity contribution in [3.8, 4) is 0 Å². The molecule has 3 heteroatoms. The quantitative estimate of drug-likeness (QED) is 0.759. The molecule has 3 aromatic rings. The third-order valence-corrected chi connectivity index (χ3v) is 4.24. The molecule has 0 bridgehead atoms. The van der Waals surface area contributed by atoms with Crippen molar-refractivity contribution < 1.29 is 5.11 Å². The minimum Gasteiger partial charge on any atom is -0.380 e. The zero-order valence-electron chi connectivity index (χ0n) is 10.00. The van der Waals surface area contributed by atoms with Crippen LogP contribution in [0.1, 0.15) is 17.4 Å². The molecular weight excluding hydrogens is 242 g/mol. The largest absolute Gasteiger partial charge is 0.380 e. The van der Waals surface area contributed by atoms with Crippen LogP contribution >= 0.6 is 11.3 Å². The molecule has 2 nitrogen and oxygen atoms in total. The van der Waals surface area contributed by atoms with E-state index >= 15 is 0 Å². The summed E-state index contributed by atoms with van der Waals surface area (Å²) in [5.74, 6) is 0. The van der Waals surface area contributed by atoms with Gasteiger partial charge in [-0.1, -0.05) is 30.3 Å². The molecule has 0 saturated heterocycles. The van der Waals surface area contributed by atoms with Gasteiger partial charge in [0.2, 0.25) is 0 Å². The fourth-order valence-electron chi connectivity index (χ4n) is 2.19. The second-order valence-corrected chi connectivity index (χ2v) is 5.38. The first-order valence-corrected chi connectivity index (χ1v) is 6.68. The third kappa shape index (κ3) is 1.72. The predicted molar refractivity (Wildman–Crippen MR) is 74.7 cm³/mol. The Morgan fingerprint density at radius 1 is 1.11 bits per heavy atom. The van der Waals surface area contributed by atoms with Gasteiger partial charge in [-0.15, -0.1) is 11.3 Å². The fourth-order valence-corrected chi connectivity index (χ4v) is 2.99. The number of fused-ring (bicyclic) bond motifs is 1. The van der Waals surface area contributed by atoms with E-state index in [0.717, 1.165) is 21.3 Å². The number of para-hydroxylation sites is 1. The van der Waals surface area contributed by atoms with Crippen molar-refractivity contribution in [3.05, 3.63) is 64.5 Å². The van der Waals surface area contributed by atoms with Crippen molar-refractivity contribution >= 4 is 22.2 Å². The monoisotopic (exact) mass is 255 g/mol. The number of benzene rings is 1. The van der Waals surface area contributed by atoms with Gasteiger partial charge < -0.3 is 5.11 Å². The second kappa shape index (κ2) is 4.19. The highest BCUT2D eigenvalue weighted by Crippen LogP contribution is 2.35. The SMILES string of the molecule is CC(O)(c1cccs1)c1cccc2cccnc12. The lowest BCUT2D eigenvalue weighted by atomic mass is 9.92. The number of nitrogens with zero attached hydrogens (tertiary/aromatic N) is 1. The van der Waals surface area contributed by atoms with Crippen molar-refractivity contribution in [2.75, 3.05) is 0 Å². The zero-order valence-corrected chi connectivity index (χ0v) is 10.8. The summed E-state index contributed by atoms with van der Waals surface area (Å²) >= 11 is 1.56. The molecule has 3 rings (SSSR count). The number of thiophene rings is 1. The lowest BCUT2D eigenvalue weighted by Crippen LogP contribution is -2.21. The molecule has 18 heavy (non-hydrogen) atoms. The first kappa shape index (κ1) is 11.4. The van der Waals surface area contributed by atoms with E-state index in [9.17, 15) is 5.11 Å². The summed E-state index contributed by atoms with van der Waals surface area (Å²) in [5.41, 5.74) is 0.712. The van der Waals surface area contributed by atoms with E-state index < -0.39 is 5.60 Å². The maximum Gasteiger partial charge on any atom is 0.123 e. The molecular formula is C15H13NOS. The Bertz CT molecular complexity index is 669. The lowest BCUT2D eigenvalue weighted by Gasteiger charge is -2.23. The number of rotatable bonds is 2. The highest BCUT2D eigenvalue weighted by molar-refractivity contribution is 7.10. The number of hydrogen-bond donors (Lipinski definition) is 1. The third-order valence-electron chi connectivity index (χ3n) is 3.16. The van der Waals surface area contributed by atoms with Crippen molar-refractivity contribution in [3.63, 3.8) is 0 Å². The Labute approximate surface area is 110 Å². The van der Waals surface area contributed by atoms with Crippen molar-refractivity contribution in [2.45, 2.75) is 12.5 Å². The van der Waals surface area contributed by atoms with Crippen molar-refractivity contribution in [1.29, 1.82) is 0 Å². The van der Waals surface area contributed by atoms with E-state index in [0.29, 0.717) is 0 Å². The first-order valence-electron chi connectivity index (χ1n) is 5.80. The highest BCUT2D eigenvalue weighted by Gasteiger charge is 2.28. The Hall–Kier alpha value is -1.71. The van der Waals surface area contributed by atoms with Crippen LogP contribution in [0.5, 0.6) is 0 Å². The maximum atomic E-state index is 10.8. The zero-order chi connectivity index (χ0) is 12.6. The van der Waals surface area contributed by atoms with Crippen LogP contribution in [0.25, 0.3) is 10.9 Å². The van der Waals surface area contributed by atoms with Crippen LogP contribution in [-0.4, -0.2) is 10.1 Å². The minimum atomic E-state index is -0.998. The highest BCUT2D eigenvalue weighted by atomic mass is 32.1. The average molecular weight is 255 g/mol. The van der Waals surface area contributed by atoms with Crippen LogP contribution in [0.4, 0.5) is 0 Å². The van der Waals surface area contributed by atoms with Crippen LogP contribution in [-0.2, 0) is 5.60 Å². The molecule has 0 radical (unpaired) electrons. The number of hydrogen-bond acceptors (Lipinski definition) is 3. The molecule has 0 saturated carbocycles. The summed E-state index contributed by atoms with van der Waals surface area (Å²) in [4.78, 5) is 5.33. The molecule has 90 valence electrons. The van der Waals surface area contributed by atoms with Crippen LogP contribution < -0.4 is 0 Å². The summed E-state index contributed by atoms with van der Waals surface area (Å²) in [6, 6.07) is 13.7. The average Bonchev–Trinajstić information content (AvgIpc) is 2.92. The van der Waals surface area contributed by atoms with Gasteiger partial charge in [-0.2, -0.15) is 0 Å². The molecule has 1 unspecified atom stereocenters. The van der Waals surface area contributed by atoms with Gasteiger partial charge in [0.05, 0.1) is 5.52 Å². The Morgan fingerprint density at radius 3 is 2.72 bits per heavy atom. The molecule has 1 atom stereocenters. The van der Waals surface area contributed by atoms with Crippen LogP contribution in [0.15, 0.2) is 54.0 Å². The van der Waals surface area contributed by atoms with Gasteiger partial charge >= 0.3 is 0 Å². The van der Waals surface area contributed by atoms with Crippen molar-refractivity contribution in [2.24, 2.45) is 0 Å². The van der Waals surface area contributed by atoms with Crippen LogP contribution in [0.3, 0.4) is 0 Å². The summed E-state index contributed by atoms with van der Waals surface area (Å²) in [6.45, 7) is 1.82. The van der Waals surface area contributed by atoms with Gasteiger partial charge in [-0.05, 0) is 24.4 Å². The smallest absolute Gasteiger partial charge is 0.123 e. The molecule has 2 heterocycles. The standard InChI is InChI=1S/C15H13NOS/c1-15(17,13-8-4-10-18-13)12-7-2-5-11-6-3-9-16-14(11)12/h2-10,17H,1H3. The van der Waals surface area contributed by atoms with E-state index in [-0.39, 0.29) is 0 Å². The van der Waals surface area contributed by atoms with Gasteiger partial charge in [0, 0.05) is 22.0 Å². The normalized spacial score (nSPS) is 14.6. The molecule has 0 amide bonds. The van der Waals surface area contributed by atoms with E-state index in [1.165, 1.54) is 0 Å². The maximum absolute atomic E-state index is 10.8. The van der Waals surface area contributed by atoms with E-state index in [2.05, 4.69) is 4.98 Å². The molecule has 0 aliphatic rings. The summed E-state index contributed by atoms with van der Waals surface area (Å²) < 4.78 is 0. The number of pyridine rings is 1. The Kier molecular flexibility index (Phi) is 2.65. The predicted octanol–water partition coefficient (Wildman–Crippen LogP) is 3.55. The molecule has 0 fully saturated rings. The van der Waals surface area contributed by atoms with Gasteiger partial charge in [0.1, 0.15) is 5.60 Å². The van der Waals surface area contributed by atoms with Gasteiger partial charge in [-0.25, -0.2) is 0 Å². The van der Waals surface area contributed by atoms with E-state index in [1.54, 1.807) is 17.5 Å². The molecule has 0 aliphatic heterocycles. The summed E-state index contributed by atoms with van der Waals surface area (Å²) in [7, 11) is 0. The van der Waals surface area contributed by atoms with Gasteiger partial charge in [-0.3, -0.25) is 4.98 Å². The summed E-state index contributed by atoms with van der Waals surface area (Å²) in [5, 5.41) is 13.8. The minimum absolute atomic E-state index is 0.850. The topological polar surface area (TPSA) is 33.1 Å². The molecule has 1 aromatic carbocycles. The second-order valence-electron chi connectivity index (χ2n) is 4.43. The molecule has 1 N–H and O–H groups in total. The molecule has 2 aromatic heterocycles. The molecule has 0 aliphatic carbocycles. The van der Waals surface area contributed by atoms with Gasteiger partial charge in [0.15, 0.2) is 0 Å². The molecule has 0 spiro atoms. The fraction of sp³-hybridized carbons (Fsp3) is 0.133.